The largest absolute Gasteiger partial charge is 0.399 e. The zero-order chi connectivity index (χ0) is 15.1. The van der Waals surface area contributed by atoms with E-state index in [0.29, 0.717) is 5.69 Å². The summed E-state index contributed by atoms with van der Waals surface area (Å²) in [5, 5.41) is 3.05. The van der Waals surface area contributed by atoms with Crippen LogP contribution in [0.2, 0.25) is 0 Å². The Morgan fingerprint density at radius 3 is 2.81 bits per heavy atom. The number of thioether (sulfide) groups is 1. The summed E-state index contributed by atoms with van der Waals surface area (Å²) >= 11 is 1.90. The molecule has 2 rings (SSSR count). The molecule has 1 saturated carbocycles. The number of nitrogens with one attached hydrogen (secondary N) is 1. The number of amides is 1. The molecule has 0 heterocycles. The van der Waals surface area contributed by atoms with Crippen LogP contribution in [0.3, 0.4) is 0 Å². The fraction of sp³-hybridized carbons (Fsp3) is 0.471. The highest BCUT2D eigenvalue weighted by atomic mass is 32.2. The van der Waals surface area contributed by atoms with Crippen molar-refractivity contribution in [2.75, 3.05) is 18.5 Å². The van der Waals surface area contributed by atoms with Crippen molar-refractivity contribution in [1.82, 2.24) is 5.32 Å². The van der Waals surface area contributed by atoms with Gasteiger partial charge in [0.05, 0.1) is 0 Å². The molecule has 0 radical (unpaired) electrons. The molecular weight excluding hydrogens is 280 g/mol. The lowest BCUT2D eigenvalue weighted by Crippen LogP contribution is -2.41. The van der Waals surface area contributed by atoms with Gasteiger partial charge in [0.15, 0.2) is 0 Å². The Labute approximate surface area is 131 Å². The Kier molecular flexibility index (Phi) is 5.74. The topological polar surface area (TPSA) is 55.1 Å². The normalized spacial score (nSPS) is 17.8. The van der Waals surface area contributed by atoms with Crippen LogP contribution in [-0.4, -0.2) is 23.5 Å². The number of nitrogens with two attached hydrogens (primary N) is 1. The first-order valence-corrected chi connectivity index (χ1v) is 8.73. The average molecular weight is 304 g/mol. The molecule has 114 valence electrons. The minimum absolute atomic E-state index is 0.0311. The lowest BCUT2D eigenvalue weighted by molar-refractivity contribution is -0.116. The van der Waals surface area contributed by atoms with E-state index >= 15 is 0 Å². The highest BCUT2D eigenvalue weighted by molar-refractivity contribution is 8.00. The lowest BCUT2D eigenvalue weighted by atomic mass is 9.88. The quantitative estimate of drug-likeness (QED) is 0.647. The summed E-state index contributed by atoms with van der Waals surface area (Å²) < 4.78 is 0.235. The molecule has 0 unspecified atom stereocenters. The fourth-order valence-corrected chi connectivity index (χ4v) is 3.70. The van der Waals surface area contributed by atoms with Crippen LogP contribution in [0, 0.1) is 0 Å². The van der Waals surface area contributed by atoms with Crippen molar-refractivity contribution in [3.63, 3.8) is 0 Å². The number of benzene rings is 1. The van der Waals surface area contributed by atoms with Gasteiger partial charge in [-0.2, -0.15) is 11.8 Å². The van der Waals surface area contributed by atoms with Gasteiger partial charge >= 0.3 is 0 Å². The molecule has 0 saturated heterocycles. The SMILES string of the molecule is CSC1(CNC(=O)/C=C/c2cccc(N)c2)CCCCC1. The van der Waals surface area contributed by atoms with Gasteiger partial charge in [0.2, 0.25) is 5.91 Å². The van der Waals surface area contributed by atoms with Crippen molar-refractivity contribution in [2.45, 2.75) is 36.9 Å². The molecule has 4 heteroatoms. The third-order valence-electron chi connectivity index (χ3n) is 4.12. The van der Waals surface area contributed by atoms with Gasteiger partial charge in [0, 0.05) is 23.1 Å². The Morgan fingerprint density at radius 1 is 1.38 bits per heavy atom. The van der Waals surface area contributed by atoms with E-state index in [9.17, 15) is 4.79 Å². The van der Waals surface area contributed by atoms with E-state index < -0.39 is 0 Å². The number of rotatable bonds is 5. The van der Waals surface area contributed by atoms with Gasteiger partial charge in [-0.05, 0) is 42.9 Å². The number of nitrogen functional groups attached to an aromatic ring is 1. The molecule has 1 fully saturated rings. The first-order valence-electron chi connectivity index (χ1n) is 7.50. The van der Waals surface area contributed by atoms with E-state index in [-0.39, 0.29) is 10.7 Å². The fourth-order valence-electron chi connectivity index (χ4n) is 2.79. The summed E-state index contributed by atoms with van der Waals surface area (Å²) in [6.45, 7) is 0.758. The molecule has 1 amide bonds. The third-order valence-corrected chi connectivity index (χ3v) is 5.54. The van der Waals surface area contributed by atoms with Crippen molar-refractivity contribution in [3.8, 4) is 0 Å². The van der Waals surface area contributed by atoms with E-state index in [2.05, 4.69) is 11.6 Å². The summed E-state index contributed by atoms with van der Waals surface area (Å²) in [7, 11) is 0. The van der Waals surface area contributed by atoms with Crippen LogP contribution in [0.1, 0.15) is 37.7 Å². The van der Waals surface area contributed by atoms with Gasteiger partial charge in [-0.15, -0.1) is 0 Å². The second kappa shape index (κ2) is 7.55. The first kappa shape index (κ1) is 16.0. The second-order valence-corrected chi connectivity index (χ2v) is 6.94. The van der Waals surface area contributed by atoms with Crippen molar-refractivity contribution in [1.29, 1.82) is 0 Å². The molecule has 1 aliphatic carbocycles. The summed E-state index contributed by atoms with van der Waals surface area (Å²) in [4.78, 5) is 12.0. The van der Waals surface area contributed by atoms with Gasteiger partial charge in [-0.3, -0.25) is 4.79 Å². The predicted molar refractivity (Wildman–Crippen MR) is 92.2 cm³/mol. The zero-order valence-corrected chi connectivity index (χ0v) is 13.4. The molecule has 21 heavy (non-hydrogen) atoms. The average Bonchev–Trinajstić information content (AvgIpc) is 2.52. The number of carbonyl (C=O) groups excluding carboxylic acids is 1. The van der Waals surface area contributed by atoms with Gasteiger partial charge in [-0.1, -0.05) is 31.4 Å². The predicted octanol–water partition coefficient (Wildman–Crippen LogP) is 3.46. The molecule has 1 aromatic carbocycles. The zero-order valence-electron chi connectivity index (χ0n) is 12.6. The highest BCUT2D eigenvalue weighted by Crippen LogP contribution is 2.37. The molecule has 0 spiro atoms. The molecular formula is C17H24N2OS. The van der Waals surface area contributed by atoms with Crippen LogP contribution in [0.15, 0.2) is 30.3 Å². The van der Waals surface area contributed by atoms with Crippen LogP contribution < -0.4 is 11.1 Å². The Bertz CT molecular complexity index is 507. The Balaban J connectivity index is 1.86. The molecule has 3 N–H and O–H groups in total. The Morgan fingerprint density at radius 2 is 2.14 bits per heavy atom. The summed E-state index contributed by atoms with van der Waals surface area (Å²) in [6.07, 6.45) is 11.8. The monoisotopic (exact) mass is 304 g/mol. The number of anilines is 1. The standard InChI is InChI=1S/C17H24N2OS/c1-21-17(10-3-2-4-11-17)13-19-16(20)9-8-14-6-5-7-15(18)12-14/h5-9,12H,2-4,10-11,13,18H2,1H3,(H,19,20)/b9-8+. The molecule has 0 aliphatic heterocycles. The van der Waals surface area contributed by atoms with Crippen LogP contribution in [0.5, 0.6) is 0 Å². The van der Waals surface area contributed by atoms with Crippen molar-refractivity contribution in [3.05, 3.63) is 35.9 Å². The maximum absolute atomic E-state index is 12.0. The van der Waals surface area contributed by atoms with E-state index in [0.717, 1.165) is 12.1 Å². The summed E-state index contributed by atoms with van der Waals surface area (Å²) in [6, 6.07) is 7.51. The highest BCUT2D eigenvalue weighted by Gasteiger charge is 2.31. The van der Waals surface area contributed by atoms with Crippen LogP contribution in [0.25, 0.3) is 6.08 Å². The van der Waals surface area contributed by atoms with Crippen LogP contribution in [-0.2, 0) is 4.79 Å². The third kappa shape index (κ3) is 4.81. The minimum atomic E-state index is -0.0311. The molecule has 0 aromatic heterocycles. The Hall–Kier alpha value is -1.42. The van der Waals surface area contributed by atoms with Gasteiger partial charge in [0.25, 0.3) is 0 Å². The van der Waals surface area contributed by atoms with E-state index in [1.165, 1.54) is 32.1 Å². The molecule has 1 aromatic rings. The van der Waals surface area contributed by atoms with E-state index in [1.54, 1.807) is 12.2 Å². The van der Waals surface area contributed by atoms with Crippen molar-refractivity contribution in [2.24, 2.45) is 0 Å². The second-order valence-electron chi connectivity index (χ2n) is 5.67. The van der Waals surface area contributed by atoms with Crippen LogP contribution in [0.4, 0.5) is 5.69 Å². The van der Waals surface area contributed by atoms with E-state index in [1.807, 2.05) is 36.0 Å². The maximum atomic E-state index is 12.0. The van der Waals surface area contributed by atoms with Crippen LogP contribution >= 0.6 is 11.8 Å². The first-order chi connectivity index (χ1) is 10.1. The van der Waals surface area contributed by atoms with Gasteiger partial charge in [0.1, 0.15) is 0 Å². The summed E-state index contributed by atoms with van der Waals surface area (Å²) in [5.41, 5.74) is 7.38. The molecule has 0 atom stereocenters. The smallest absolute Gasteiger partial charge is 0.244 e. The van der Waals surface area contributed by atoms with Gasteiger partial charge < -0.3 is 11.1 Å². The maximum Gasteiger partial charge on any atom is 0.244 e. The molecule has 3 nitrogen and oxygen atoms in total. The number of hydrogen-bond acceptors (Lipinski definition) is 3. The lowest BCUT2D eigenvalue weighted by Gasteiger charge is -2.35. The number of carbonyl (C=O) groups is 1. The van der Waals surface area contributed by atoms with Crippen molar-refractivity contribution < 1.29 is 4.79 Å². The van der Waals surface area contributed by atoms with Gasteiger partial charge in [-0.25, -0.2) is 0 Å². The minimum Gasteiger partial charge on any atom is -0.399 e. The van der Waals surface area contributed by atoms with E-state index in [4.69, 9.17) is 5.73 Å². The van der Waals surface area contributed by atoms with Crippen molar-refractivity contribution >= 4 is 29.4 Å². The molecule has 1 aliphatic rings. The number of hydrogen-bond donors (Lipinski definition) is 2. The summed E-state index contributed by atoms with van der Waals surface area (Å²) in [5.74, 6) is -0.0311. The molecule has 0 bridgehead atoms.